The Morgan fingerprint density at radius 3 is 2.33 bits per heavy atom. The van der Waals surface area contributed by atoms with Crippen LogP contribution in [0.25, 0.3) is 22.2 Å². The van der Waals surface area contributed by atoms with Gasteiger partial charge in [0.15, 0.2) is 0 Å². The molecule has 6 aromatic rings. The van der Waals surface area contributed by atoms with E-state index in [1.54, 1.807) is 24.3 Å². The van der Waals surface area contributed by atoms with Crippen LogP contribution in [0.2, 0.25) is 5.02 Å². The number of aromatic nitrogens is 2. The number of rotatable bonds is 7. The van der Waals surface area contributed by atoms with Gasteiger partial charge in [-0.15, -0.1) is 0 Å². The molecule has 7 nitrogen and oxygen atoms in total. The molecule has 0 saturated heterocycles. The highest BCUT2D eigenvalue weighted by Crippen LogP contribution is 2.35. The minimum atomic E-state index is -0.259. The number of anilines is 2. The van der Waals surface area contributed by atoms with E-state index < -0.39 is 0 Å². The van der Waals surface area contributed by atoms with Crippen molar-refractivity contribution in [2.45, 2.75) is 12.5 Å². The first-order valence-electron chi connectivity index (χ1n) is 14.7. The summed E-state index contributed by atoms with van der Waals surface area (Å²) in [5.41, 5.74) is 6.58. The number of hydrazone groups is 1. The summed E-state index contributed by atoms with van der Waals surface area (Å²) in [5.74, 6) is 1.01. The first kappa shape index (κ1) is 29.6. The van der Waals surface area contributed by atoms with Gasteiger partial charge in [-0.2, -0.15) is 5.10 Å². The summed E-state index contributed by atoms with van der Waals surface area (Å²) >= 11 is 9.82. The Hall–Kier alpha value is -5.05. The Morgan fingerprint density at radius 1 is 0.870 bits per heavy atom. The van der Waals surface area contributed by atoms with Crippen LogP contribution >= 0.6 is 27.5 Å². The molecule has 5 aromatic carbocycles. The maximum atomic E-state index is 14.0. The normalized spacial score (nSPS) is 14.3. The molecule has 0 saturated carbocycles. The monoisotopic (exact) mass is 687 g/mol. The number of halogens is 2. The Balaban J connectivity index is 1.17. The van der Waals surface area contributed by atoms with Gasteiger partial charge in [0.2, 0.25) is 5.95 Å². The molecule has 1 N–H and O–H groups in total. The van der Waals surface area contributed by atoms with E-state index >= 15 is 0 Å². The summed E-state index contributed by atoms with van der Waals surface area (Å²) in [6, 6.07) is 38.3. The van der Waals surface area contributed by atoms with Crippen LogP contribution in [0.1, 0.15) is 33.9 Å². The SMILES string of the molecule is COc1ccc([C@@H]2CC(c3ccc(Br)cc3)=NN2C(=O)c2ccc(Nc3nc(-c4ccccc4)c4cc(Cl)ccc4n3)cc2)cc1. The van der Waals surface area contributed by atoms with Gasteiger partial charge in [-0.3, -0.25) is 4.79 Å². The Bertz CT molecular complexity index is 2070. The number of methoxy groups -OCH3 is 1. The molecule has 0 aliphatic carbocycles. The summed E-state index contributed by atoms with van der Waals surface area (Å²) in [6.07, 6.45) is 0.591. The van der Waals surface area contributed by atoms with Crippen LogP contribution < -0.4 is 10.1 Å². The van der Waals surface area contributed by atoms with Gasteiger partial charge in [-0.05, 0) is 77.9 Å². The average molecular weight is 689 g/mol. The fraction of sp³-hybridized carbons (Fsp3) is 0.0811. The number of ether oxygens (including phenoxy) is 1. The second-order valence-corrected chi connectivity index (χ2v) is 12.2. The molecule has 1 aromatic heterocycles. The zero-order valence-electron chi connectivity index (χ0n) is 24.7. The standard InChI is InChI=1S/C37H27BrClN5O2/c1-46-30-18-11-24(12-19-30)34-22-33(23-7-13-27(38)14-8-23)43-44(34)36(45)26-9-16-29(17-10-26)40-37-41-32-20-15-28(39)21-31(32)35(42-37)25-5-3-2-4-6-25/h2-21,34H,22H2,1H3,(H,40,41,42)/t34-/m0/s1. The van der Waals surface area contributed by atoms with Gasteiger partial charge in [0, 0.05) is 38.1 Å². The number of carbonyl (C=O) groups excluding carboxylic acids is 1. The second-order valence-electron chi connectivity index (χ2n) is 10.8. The van der Waals surface area contributed by atoms with Crippen LogP contribution in [-0.2, 0) is 0 Å². The lowest BCUT2D eigenvalue weighted by atomic mass is 9.98. The highest BCUT2D eigenvalue weighted by Gasteiger charge is 2.33. The van der Waals surface area contributed by atoms with Gasteiger partial charge in [0.1, 0.15) is 5.75 Å². The molecule has 9 heteroatoms. The van der Waals surface area contributed by atoms with E-state index in [4.69, 9.17) is 31.4 Å². The van der Waals surface area contributed by atoms with E-state index in [0.29, 0.717) is 23.0 Å². The molecule has 1 aliphatic heterocycles. The number of carbonyl (C=O) groups is 1. The number of benzene rings is 5. The zero-order valence-corrected chi connectivity index (χ0v) is 27.0. The molecule has 46 heavy (non-hydrogen) atoms. The molecule has 0 fully saturated rings. The molecule has 1 amide bonds. The van der Waals surface area contributed by atoms with Gasteiger partial charge in [0.25, 0.3) is 5.91 Å². The highest BCUT2D eigenvalue weighted by atomic mass is 79.9. The first-order chi connectivity index (χ1) is 22.4. The van der Waals surface area contributed by atoms with Crippen LogP contribution in [0.3, 0.4) is 0 Å². The van der Waals surface area contributed by atoms with Crippen LogP contribution in [0.15, 0.2) is 131 Å². The molecule has 226 valence electrons. The number of hydrogen-bond donors (Lipinski definition) is 1. The summed E-state index contributed by atoms with van der Waals surface area (Å²) in [7, 11) is 1.64. The minimum Gasteiger partial charge on any atom is -0.497 e. The quantitative estimate of drug-likeness (QED) is 0.181. The third kappa shape index (κ3) is 6.09. The lowest BCUT2D eigenvalue weighted by molar-refractivity contribution is 0.0711. The molecule has 1 atom stereocenters. The highest BCUT2D eigenvalue weighted by molar-refractivity contribution is 9.10. The Kier molecular flexibility index (Phi) is 8.22. The average Bonchev–Trinajstić information content (AvgIpc) is 3.54. The molecule has 7 rings (SSSR count). The smallest absolute Gasteiger partial charge is 0.274 e. The molecular formula is C37H27BrClN5O2. The van der Waals surface area contributed by atoms with Crippen LogP contribution in [0, 0.1) is 0 Å². The molecule has 2 heterocycles. The number of nitrogens with zero attached hydrogens (tertiary/aromatic N) is 4. The Labute approximate surface area is 279 Å². The molecule has 0 bridgehead atoms. The number of hydrogen-bond acceptors (Lipinski definition) is 6. The predicted octanol–water partition coefficient (Wildman–Crippen LogP) is 9.46. The lowest BCUT2D eigenvalue weighted by Gasteiger charge is -2.22. The number of nitrogens with one attached hydrogen (secondary N) is 1. The third-order valence-electron chi connectivity index (χ3n) is 7.89. The Morgan fingerprint density at radius 2 is 1.61 bits per heavy atom. The molecule has 0 radical (unpaired) electrons. The van der Waals surface area contributed by atoms with Crippen molar-refractivity contribution in [1.29, 1.82) is 0 Å². The van der Waals surface area contributed by atoms with E-state index in [2.05, 4.69) is 21.2 Å². The number of amides is 1. The van der Waals surface area contributed by atoms with Crippen molar-refractivity contribution in [3.05, 3.63) is 148 Å². The second kappa shape index (κ2) is 12.7. The predicted molar refractivity (Wildman–Crippen MR) is 187 cm³/mol. The number of fused-ring (bicyclic) bond motifs is 1. The largest absolute Gasteiger partial charge is 0.497 e. The van der Waals surface area contributed by atoms with Gasteiger partial charge >= 0.3 is 0 Å². The van der Waals surface area contributed by atoms with E-state index in [-0.39, 0.29) is 11.9 Å². The molecule has 1 aliphatic rings. The van der Waals surface area contributed by atoms with E-state index in [1.807, 2.05) is 109 Å². The molecule has 0 unspecified atom stereocenters. The van der Waals surface area contributed by atoms with Crippen molar-refractivity contribution in [2.24, 2.45) is 5.10 Å². The molecular weight excluding hydrogens is 662 g/mol. The van der Waals surface area contributed by atoms with Gasteiger partial charge < -0.3 is 10.1 Å². The van der Waals surface area contributed by atoms with Crippen LogP contribution in [0.5, 0.6) is 5.75 Å². The van der Waals surface area contributed by atoms with E-state index in [1.165, 1.54) is 0 Å². The topological polar surface area (TPSA) is 79.7 Å². The lowest BCUT2D eigenvalue weighted by Crippen LogP contribution is -2.27. The summed E-state index contributed by atoms with van der Waals surface area (Å²) < 4.78 is 6.34. The van der Waals surface area contributed by atoms with Crippen molar-refractivity contribution in [3.63, 3.8) is 0 Å². The fourth-order valence-corrected chi connectivity index (χ4v) is 5.97. The van der Waals surface area contributed by atoms with E-state index in [9.17, 15) is 4.79 Å². The maximum absolute atomic E-state index is 14.0. The summed E-state index contributed by atoms with van der Waals surface area (Å²) in [4.78, 5) is 23.5. The van der Waals surface area contributed by atoms with Gasteiger partial charge in [-0.1, -0.05) is 82.1 Å². The van der Waals surface area contributed by atoms with Crippen molar-refractivity contribution < 1.29 is 9.53 Å². The van der Waals surface area contributed by atoms with Crippen molar-refractivity contribution in [2.75, 3.05) is 12.4 Å². The summed E-state index contributed by atoms with van der Waals surface area (Å²) in [5, 5.41) is 11.2. The fourth-order valence-electron chi connectivity index (χ4n) is 5.53. The van der Waals surface area contributed by atoms with Gasteiger partial charge in [0.05, 0.1) is 30.1 Å². The van der Waals surface area contributed by atoms with Crippen molar-refractivity contribution in [1.82, 2.24) is 15.0 Å². The maximum Gasteiger partial charge on any atom is 0.274 e. The van der Waals surface area contributed by atoms with E-state index in [0.717, 1.165) is 54.9 Å². The third-order valence-corrected chi connectivity index (χ3v) is 8.65. The first-order valence-corrected chi connectivity index (χ1v) is 15.8. The van der Waals surface area contributed by atoms with Crippen LogP contribution in [0.4, 0.5) is 11.6 Å². The minimum absolute atomic E-state index is 0.190. The molecule has 0 spiro atoms. The van der Waals surface area contributed by atoms with Gasteiger partial charge in [-0.25, -0.2) is 15.0 Å². The van der Waals surface area contributed by atoms with Crippen LogP contribution in [-0.4, -0.2) is 33.7 Å². The van der Waals surface area contributed by atoms with Crippen molar-refractivity contribution >= 4 is 61.7 Å². The zero-order chi connectivity index (χ0) is 31.6. The summed E-state index contributed by atoms with van der Waals surface area (Å²) in [6.45, 7) is 0. The van der Waals surface area contributed by atoms with Crippen molar-refractivity contribution in [3.8, 4) is 17.0 Å².